The summed E-state index contributed by atoms with van der Waals surface area (Å²) >= 11 is 0. The van der Waals surface area contributed by atoms with Crippen LogP contribution in [0.5, 0.6) is 0 Å². The van der Waals surface area contributed by atoms with E-state index in [4.69, 9.17) is 0 Å². The van der Waals surface area contributed by atoms with Crippen LogP contribution < -0.4 is 5.32 Å². The van der Waals surface area contributed by atoms with Gasteiger partial charge in [0.15, 0.2) is 0 Å². The minimum atomic E-state index is 0.335. The highest BCUT2D eigenvalue weighted by Crippen LogP contribution is 2.22. The molecule has 4 heteroatoms. The van der Waals surface area contributed by atoms with Crippen molar-refractivity contribution in [3.05, 3.63) is 0 Å². The van der Waals surface area contributed by atoms with E-state index in [9.17, 15) is 4.79 Å². The predicted octanol–water partition coefficient (Wildman–Crippen LogP) is 1.17. The molecule has 0 aromatic rings. The summed E-state index contributed by atoms with van der Waals surface area (Å²) < 4.78 is 0. The second-order valence-electron chi connectivity index (χ2n) is 6.57. The molecular formula is C15H29N3O. The largest absolute Gasteiger partial charge is 0.341 e. The van der Waals surface area contributed by atoms with E-state index in [1.807, 2.05) is 7.05 Å². The molecule has 0 aromatic carbocycles. The first-order chi connectivity index (χ1) is 9.10. The third-order valence-electron chi connectivity index (χ3n) is 4.50. The van der Waals surface area contributed by atoms with E-state index in [2.05, 4.69) is 29.0 Å². The zero-order chi connectivity index (χ0) is 13.8. The highest BCUT2D eigenvalue weighted by Gasteiger charge is 2.30. The lowest BCUT2D eigenvalue weighted by atomic mass is 9.92. The van der Waals surface area contributed by atoms with Gasteiger partial charge >= 0.3 is 0 Å². The minimum absolute atomic E-state index is 0.335. The van der Waals surface area contributed by atoms with Crippen LogP contribution in [0.1, 0.15) is 33.1 Å². The molecule has 1 N–H and O–H groups in total. The Kier molecular flexibility index (Phi) is 5.22. The molecular weight excluding hydrogens is 238 g/mol. The molecule has 2 aliphatic rings. The van der Waals surface area contributed by atoms with Crippen molar-refractivity contribution in [2.75, 3.05) is 39.8 Å². The Balaban J connectivity index is 1.86. The topological polar surface area (TPSA) is 35.6 Å². The zero-order valence-corrected chi connectivity index (χ0v) is 12.7. The SMILES string of the molecule is CNCC1CCCN1CC(=O)N1CC(C)CC(C)C1. The van der Waals surface area contributed by atoms with Gasteiger partial charge in [0.05, 0.1) is 6.54 Å². The second-order valence-corrected chi connectivity index (χ2v) is 6.57. The lowest BCUT2D eigenvalue weighted by Crippen LogP contribution is -2.48. The number of nitrogens with zero attached hydrogens (tertiary/aromatic N) is 2. The van der Waals surface area contributed by atoms with Crippen molar-refractivity contribution in [3.8, 4) is 0 Å². The number of likely N-dealkylation sites (tertiary alicyclic amines) is 2. The number of nitrogens with one attached hydrogen (secondary N) is 1. The number of piperidine rings is 1. The van der Waals surface area contributed by atoms with E-state index in [-0.39, 0.29) is 0 Å². The van der Waals surface area contributed by atoms with E-state index in [0.717, 1.165) is 26.2 Å². The first-order valence-electron chi connectivity index (χ1n) is 7.76. The number of hydrogen-bond donors (Lipinski definition) is 1. The maximum Gasteiger partial charge on any atom is 0.236 e. The Morgan fingerprint density at radius 3 is 2.58 bits per heavy atom. The first kappa shape index (κ1) is 14.8. The fourth-order valence-electron chi connectivity index (χ4n) is 3.71. The van der Waals surface area contributed by atoms with Gasteiger partial charge in [0.1, 0.15) is 0 Å². The average molecular weight is 267 g/mol. The molecule has 0 radical (unpaired) electrons. The van der Waals surface area contributed by atoms with Crippen LogP contribution in [0.4, 0.5) is 0 Å². The van der Waals surface area contributed by atoms with Gasteiger partial charge in [-0.25, -0.2) is 0 Å². The quantitative estimate of drug-likeness (QED) is 0.831. The van der Waals surface area contributed by atoms with Gasteiger partial charge < -0.3 is 10.2 Å². The monoisotopic (exact) mass is 267 g/mol. The lowest BCUT2D eigenvalue weighted by Gasteiger charge is -2.36. The molecule has 110 valence electrons. The van der Waals surface area contributed by atoms with Crippen molar-refractivity contribution in [2.45, 2.75) is 39.2 Å². The van der Waals surface area contributed by atoms with Gasteiger partial charge in [-0.15, -0.1) is 0 Å². The van der Waals surface area contributed by atoms with Crippen LogP contribution in [-0.4, -0.2) is 61.5 Å². The van der Waals surface area contributed by atoms with Crippen LogP contribution in [0, 0.1) is 11.8 Å². The number of likely N-dealkylation sites (N-methyl/N-ethyl adjacent to an activating group) is 1. The molecule has 2 heterocycles. The molecule has 19 heavy (non-hydrogen) atoms. The van der Waals surface area contributed by atoms with E-state index >= 15 is 0 Å². The van der Waals surface area contributed by atoms with Gasteiger partial charge in [-0.2, -0.15) is 0 Å². The molecule has 0 spiro atoms. The van der Waals surface area contributed by atoms with Gasteiger partial charge in [-0.1, -0.05) is 13.8 Å². The fraction of sp³-hybridized carbons (Fsp3) is 0.933. The van der Waals surface area contributed by atoms with Crippen LogP contribution in [0.3, 0.4) is 0 Å². The summed E-state index contributed by atoms with van der Waals surface area (Å²) in [5, 5.41) is 3.24. The summed E-state index contributed by atoms with van der Waals surface area (Å²) in [5.74, 6) is 1.64. The van der Waals surface area contributed by atoms with Crippen molar-refractivity contribution in [1.82, 2.24) is 15.1 Å². The van der Waals surface area contributed by atoms with Crippen LogP contribution in [0.15, 0.2) is 0 Å². The Bertz CT molecular complexity index is 298. The number of carbonyl (C=O) groups is 1. The number of carbonyl (C=O) groups excluding carboxylic acids is 1. The van der Waals surface area contributed by atoms with Crippen molar-refractivity contribution in [3.63, 3.8) is 0 Å². The predicted molar refractivity (Wildman–Crippen MR) is 78.0 cm³/mol. The number of hydrogen-bond acceptors (Lipinski definition) is 3. The Labute approximate surface area is 117 Å². The van der Waals surface area contributed by atoms with E-state index in [0.29, 0.717) is 30.3 Å². The number of rotatable bonds is 4. The fourth-order valence-corrected chi connectivity index (χ4v) is 3.71. The van der Waals surface area contributed by atoms with Gasteiger partial charge in [-0.3, -0.25) is 9.69 Å². The number of amides is 1. The normalized spacial score (nSPS) is 32.8. The van der Waals surface area contributed by atoms with Crippen molar-refractivity contribution >= 4 is 5.91 Å². The smallest absolute Gasteiger partial charge is 0.236 e. The molecule has 3 atom stereocenters. The van der Waals surface area contributed by atoms with Crippen LogP contribution >= 0.6 is 0 Å². The molecule has 2 aliphatic heterocycles. The third-order valence-corrected chi connectivity index (χ3v) is 4.50. The standard InChI is InChI=1S/C15H29N3O/c1-12-7-13(2)10-18(9-12)15(19)11-17-6-4-5-14(17)8-16-3/h12-14,16H,4-11H2,1-3H3. The van der Waals surface area contributed by atoms with E-state index in [1.165, 1.54) is 19.3 Å². The highest BCUT2D eigenvalue weighted by molar-refractivity contribution is 5.78. The molecule has 0 bridgehead atoms. The van der Waals surface area contributed by atoms with Crippen molar-refractivity contribution < 1.29 is 4.79 Å². The van der Waals surface area contributed by atoms with Crippen LogP contribution in [0.25, 0.3) is 0 Å². The Hall–Kier alpha value is -0.610. The lowest BCUT2D eigenvalue weighted by molar-refractivity contribution is -0.135. The third kappa shape index (κ3) is 3.93. The van der Waals surface area contributed by atoms with Crippen LogP contribution in [0.2, 0.25) is 0 Å². The van der Waals surface area contributed by atoms with Gasteiger partial charge in [0, 0.05) is 25.7 Å². The summed E-state index contributed by atoms with van der Waals surface area (Å²) in [7, 11) is 1.99. The molecule has 2 rings (SSSR count). The maximum atomic E-state index is 12.5. The minimum Gasteiger partial charge on any atom is -0.341 e. The zero-order valence-electron chi connectivity index (χ0n) is 12.7. The van der Waals surface area contributed by atoms with Gasteiger partial charge in [-0.05, 0) is 44.7 Å². The molecule has 0 saturated carbocycles. The molecule has 2 saturated heterocycles. The van der Waals surface area contributed by atoms with Gasteiger partial charge in [0.2, 0.25) is 5.91 Å². The summed E-state index contributed by atoms with van der Waals surface area (Å²) in [6.45, 7) is 9.12. The second kappa shape index (κ2) is 6.71. The van der Waals surface area contributed by atoms with E-state index < -0.39 is 0 Å². The molecule has 3 unspecified atom stereocenters. The van der Waals surface area contributed by atoms with E-state index in [1.54, 1.807) is 0 Å². The molecule has 2 fully saturated rings. The molecule has 0 aliphatic carbocycles. The van der Waals surface area contributed by atoms with Crippen molar-refractivity contribution in [2.24, 2.45) is 11.8 Å². The maximum absolute atomic E-state index is 12.5. The summed E-state index contributed by atoms with van der Waals surface area (Å²) in [4.78, 5) is 16.9. The van der Waals surface area contributed by atoms with Crippen LogP contribution in [-0.2, 0) is 4.79 Å². The van der Waals surface area contributed by atoms with Crippen molar-refractivity contribution in [1.29, 1.82) is 0 Å². The Morgan fingerprint density at radius 1 is 1.26 bits per heavy atom. The molecule has 1 amide bonds. The molecule has 0 aromatic heterocycles. The van der Waals surface area contributed by atoms with Gasteiger partial charge in [0.25, 0.3) is 0 Å². The summed E-state index contributed by atoms with van der Waals surface area (Å²) in [6.07, 6.45) is 3.71. The summed E-state index contributed by atoms with van der Waals surface area (Å²) in [5.41, 5.74) is 0. The first-order valence-corrected chi connectivity index (χ1v) is 7.76. The summed E-state index contributed by atoms with van der Waals surface area (Å²) in [6, 6.07) is 0.550. The Morgan fingerprint density at radius 2 is 1.95 bits per heavy atom. The highest BCUT2D eigenvalue weighted by atomic mass is 16.2. The average Bonchev–Trinajstić information content (AvgIpc) is 2.76. The molecule has 4 nitrogen and oxygen atoms in total.